The number of rotatable bonds is 5. The van der Waals surface area contributed by atoms with Crippen molar-refractivity contribution in [2.24, 2.45) is 0 Å². The Labute approximate surface area is 70.1 Å². The van der Waals surface area contributed by atoms with Gasteiger partial charge in [0.15, 0.2) is 6.10 Å². The van der Waals surface area contributed by atoms with E-state index in [0.717, 1.165) is 0 Å². The lowest BCUT2D eigenvalue weighted by molar-refractivity contribution is -0.218. The number of nitrogens with one attached hydrogen (secondary N) is 1. The highest BCUT2D eigenvalue weighted by atomic mass is 19.4. The van der Waals surface area contributed by atoms with Gasteiger partial charge in [0.25, 0.3) is 0 Å². The van der Waals surface area contributed by atoms with E-state index < -0.39 is 12.3 Å². The van der Waals surface area contributed by atoms with E-state index in [0.29, 0.717) is 6.42 Å². The molecule has 1 atom stereocenters. The molecule has 0 radical (unpaired) electrons. The summed E-state index contributed by atoms with van der Waals surface area (Å²) in [6, 6.07) is 0. The maximum atomic E-state index is 12.1. The van der Waals surface area contributed by atoms with Gasteiger partial charge >= 0.3 is 6.18 Å². The third kappa shape index (κ3) is 4.56. The van der Waals surface area contributed by atoms with E-state index in [-0.39, 0.29) is 13.2 Å². The van der Waals surface area contributed by atoms with E-state index in [4.69, 9.17) is 0 Å². The van der Waals surface area contributed by atoms with Gasteiger partial charge in [-0.3, -0.25) is 0 Å². The van der Waals surface area contributed by atoms with Crippen molar-refractivity contribution in [2.45, 2.75) is 25.6 Å². The van der Waals surface area contributed by atoms with Gasteiger partial charge in [-0.15, -0.1) is 0 Å². The lowest BCUT2D eigenvalue weighted by atomic mass is 10.3. The maximum absolute atomic E-state index is 12.1. The largest absolute Gasteiger partial charge is 0.415 e. The summed E-state index contributed by atoms with van der Waals surface area (Å²) in [5, 5.41) is 2.44. The van der Waals surface area contributed by atoms with Crippen molar-refractivity contribution >= 4 is 0 Å². The van der Waals surface area contributed by atoms with Gasteiger partial charge in [-0.1, -0.05) is 6.92 Å². The fourth-order valence-electron chi connectivity index (χ4n) is 0.715. The Morgan fingerprint density at radius 2 is 2.00 bits per heavy atom. The Morgan fingerprint density at radius 3 is 2.33 bits per heavy atom. The summed E-state index contributed by atoms with van der Waals surface area (Å²) < 4.78 is 40.8. The molecule has 0 aliphatic rings. The molecular weight excluding hydrogens is 171 g/mol. The molecule has 0 saturated heterocycles. The van der Waals surface area contributed by atoms with Crippen molar-refractivity contribution in [1.29, 1.82) is 0 Å². The molecule has 0 rings (SSSR count). The molecule has 0 amide bonds. The molecule has 1 N–H and O–H groups in total. The molecule has 0 spiro atoms. The molecule has 1 unspecified atom stereocenters. The second kappa shape index (κ2) is 5.37. The highest BCUT2D eigenvalue weighted by Gasteiger charge is 2.39. The highest BCUT2D eigenvalue weighted by molar-refractivity contribution is 4.69. The fraction of sp³-hybridized carbons (Fsp3) is 1.00. The molecule has 0 aromatic rings. The molecule has 2 nitrogen and oxygen atoms in total. The first-order valence-electron chi connectivity index (χ1n) is 3.85. The quantitative estimate of drug-likeness (QED) is 0.701. The first-order valence-corrected chi connectivity index (χ1v) is 3.85. The molecule has 0 heterocycles. The van der Waals surface area contributed by atoms with Gasteiger partial charge in [-0.2, -0.15) is 13.2 Å². The first-order chi connectivity index (χ1) is 5.52. The molecule has 0 aromatic carbocycles. The maximum Gasteiger partial charge on any atom is 0.415 e. The number of alkyl halides is 3. The van der Waals surface area contributed by atoms with E-state index in [9.17, 15) is 13.2 Å². The molecule has 0 fully saturated rings. The molecule has 0 aromatic heterocycles. The van der Waals surface area contributed by atoms with Crippen molar-refractivity contribution in [1.82, 2.24) is 5.32 Å². The van der Waals surface area contributed by atoms with E-state index in [1.54, 1.807) is 6.92 Å². The molecular formula is C7H14F3NO. The second-order valence-corrected chi connectivity index (χ2v) is 2.46. The van der Waals surface area contributed by atoms with Crippen LogP contribution >= 0.6 is 0 Å². The third-order valence-corrected chi connectivity index (χ3v) is 1.28. The third-order valence-electron chi connectivity index (χ3n) is 1.28. The average Bonchev–Trinajstić information content (AvgIpc) is 1.95. The van der Waals surface area contributed by atoms with Crippen LogP contribution in [-0.4, -0.2) is 32.5 Å². The summed E-state index contributed by atoms with van der Waals surface area (Å²) in [6.07, 6.45) is -5.35. The number of hydrogen-bond acceptors (Lipinski definition) is 2. The Morgan fingerprint density at radius 1 is 1.42 bits per heavy atom. The smallest absolute Gasteiger partial charge is 0.367 e. The van der Waals surface area contributed by atoms with Crippen molar-refractivity contribution in [3.8, 4) is 0 Å². The lowest BCUT2D eigenvalue weighted by Crippen LogP contribution is -2.39. The van der Waals surface area contributed by atoms with Crippen LogP contribution in [0.5, 0.6) is 0 Å². The number of hydrogen-bond donors (Lipinski definition) is 1. The van der Waals surface area contributed by atoms with Gasteiger partial charge in [0.1, 0.15) is 0 Å². The monoisotopic (exact) mass is 185 g/mol. The average molecular weight is 185 g/mol. The van der Waals surface area contributed by atoms with Crippen LogP contribution in [0.15, 0.2) is 0 Å². The summed E-state index contributed by atoms with van der Waals surface area (Å²) in [6.45, 7) is 1.72. The number of ether oxygens (including phenoxy) is 1. The van der Waals surface area contributed by atoms with E-state index in [2.05, 4.69) is 10.1 Å². The summed E-state index contributed by atoms with van der Waals surface area (Å²) in [4.78, 5) is 0. The molecule has 0 saturated carbocycles. The van der Waals surface area contributed by atoms with Gasteiger partial charge in [-0.05, 0) is 13.5 Å². The van der Waals surface area contributed by atoms with E-state index >= 15 is 0 Å². The van der Waals surface area contributed by atoms with Crippen molar-refractivity contribution in [3.63, 3.8) is 0 Å². The van der Waals surface area contributed by atoms with Crippen LogP contribution in [0.1, 0.15) is 13.3 Å². The Balaban J connectivity index is 3.86. The van der Waals surface area contributed by atoms with Crippen LogP contribution in [-0.2, 0) is 4.74 Å². The molecule has 0 bridgehead atoms. The zero-order valence-electron chi connectivity index (χ0n) is 7.24. The molecule has 0 aliphatic heterocycles. The SMILES string of the molecule is CCCOC(CNC)C(F)(F)F. The topological polar surface area (TPSA) is 21.3 Å². The van der Waals surface area contributed by atoms with Crippen LogP contribution < -0.4 is 5.32 Å². The van der Waals surface area contributed by atoms with E-state index in [1.165, 1.54) is 7.05 Å². The molecule has 12 heavy (non-hydrogen) atoms. The van der Waals surface area contributed by atoms with Gasteiger partial charge < -0.3 is 10.1 Å². The molecule has 0 aliphatic carbocycles. The van der Waals surface area contributed by atoms with Crippen LogP contribution in [0.25, 0.3) is 0 Å². The summed E-state index contributed by atoms with van der Waals surface area (Å²) >= 11 is 0. The second-order valence-electron chi connectivity index (χ2n) is 2.46. The van der Waals surface area contributed by atoms with Gasteiger partial charge in [0.2, 0.25) is 0 Å². The van der Waals surface area contributed by atoms with Gasteiger partial charge in [0, 0.05) is 13.2 Å². The minimum absolute atomic E-state index is 0.145. The minimum Gasteiger partial charge on any atom is -0.367 e. The Bertz CT molecular complexity index is 116. The minimum atomic E-state index is -4.27. The standard InChI is InChI=1S/C7H14F3NO/c1-3-4-12-6(5-11-2)7(8,9)10/h6,11H,3-5H2,1-2H3. The Hall–Kier alpha value is -0.290. The highest BCUT2D eigenvalue weighted by Crippen LogP contribution is 2.22. The summed E-state index contributed by atoms with van der Waals surface area (Å²) in [5.41, 5.74) is 0. The fourth-order valence-corrected chi connectivity index (χ4v) is 0.715. The first kappa shape index (κ1) is 11.7. The zero-order chi connectivity index (χ0) is 9.61. The number of likely N-dealkylation sites (N-methyl/N-ethyl adjacent to an activating group) is 1. The molecule has 74 valence electrons. The van der Waals surface area contributed by atoms with Crippen LogP contribution in [0.4, 0.5) is 13.2 Å². The predicted octanol–water partition coefficient (Wildman–Crippen LogP) is 1.56. The van der Waals surface area contributed by atoms with Crippen LogP contribution in [0, 0.1) is 0 Å². The normalized spacial score (nSPS) is 14.8. The lowest BCUT2D eigenvalue weighted by Gasteiger charge is -2.19. The van der Waals surface area contributed by atoms with Crippen LogP contribution in [0.2, 0.25) is 0 Å². The van der Waals surface area contributed by atoms with Gasteiger partial charge in [-0.25, -0.2) is 0 Å². The zero-order valence-corrected chi connectivity index (χ0v) is 7.24. The summed E-state index contributed by atoms with van der Waals surface area (Å²) in [5.74, 6) is 0. The predicted molar refractivity (Wildman–Crippen MR) is 40.0 cm³/mol. The van der Waals surface area contributed by atoms with Crippen molar-refractivity contribution in [2.75, 3.05) is 20.2 Å². The van der Waals surface area contributed by atoms with E-state index in [1.807, 2.05) is 0 Å². The van der Waals surface area contributed by atoms with Crippen molar-refractivity contribution in [3.05, 3.63) is 0 Å². The Kier molecular flexibility index (Phi) is 5.24. The number of halogens is 3. The van der Waals surface area contributed by atoms with Crippen molar-refractivity contribution < 1.29 is 17.9 Å². The molecule has 5 heteroatoms. The summed E-state index contributed by atoms with van der Waals surface area (Å²) in [7, 11) is 1.47. The van der Waals surface area contributed by atoms with Gasteiger partial charge in [0.05, 0.1) is 0 Å². The van der Waals surface area contributed by atoms with Crippen LogP contribution in [0.3, 0.4) is 0 Å².